The number of nitro benzene ring substituents is 1. The molecule has 0 bridgehead atoms. The molecule has 0 radical (unpaired) electrons. The lowest BCUT2D eigenvalue weighted by Gasteiger charge is -2.12. The number of nitro groups is 1. The molecule has 6 nitrogen and oxygen atoms in total. The molecule has 0 saturated carbocycles. The van der Waals surface area contributed by atoms with Gasteiger partial charge in [-0.15, -0.1) is 0 Å². The molecule has 0 amide bonds. The molecule has 0 aliphatic carbocycles. The van der Waals surface area contributed by atoms with Gasteiger partial charge in [0.05, 0.1) is 4.92 Å². The summed E-state index contributed by atoms with van der Waals surface area (Å²) in [5.41, 5.74) is 0.490. The fourth-order valence-corrected chi connectivity index (χ4v) is 1.91. The second-order valence-electron chi connectivity index (χ2n) is 4.00. The minimum atomic E-state index is -0.630. The quantitative estimate of drug-likeness (QED) is 0.479. The van der Waals surface area contributed by atoms with E-state index in [1.165, 1.54) is 18.2 Å². The molecule has 1 unspecified atom stereocenters. The number of non-ortho nitro benzene ring substituents is 1. The lowest BCUT2D eigenvalue weighted by Crippen LogP contribution is -2.08. The van der Waals surface area contributed by atoms with Gasteiger partial charge in [-0.05, 0) is 40.5 Å². The number of ether oxygens (including phenoxy) is 1. The summed E-state index contributed by atoms with van der Waals surface area (Å²) < 4.78 is 10.7. The van der Waals surface area contributed by atoms with E-state index in [9.17, 15) is 14.9 Å². The molecule has 1 aromatic carbocycles. The van der Waals surface area contributed by atoms with E-state index in [2.05, 4.69) is 15.9 Å². The van der Waals surface area contributed by atoms with E-state index in [1.54, 1.807) is 25.1 Å². The highest BCUT2D eigenvalue weighted by atomic mass is 79.9. The minimum absolute atomic E-state index is 0.0499. The van der Waals surface area contributed by atoms with E-state index in [0.717, 1.165) is 0 Å². The molecule has 0 N–H and O–H groups in total. The van der Waals surface area contributed by atoms with E-state index in [0.29, 0.717) is 10.2 Å². The maximum atomic E-state index is 11.8. The largest absolute Gasteiger partial charge is 0.452 e. The molecule has 0 aliphatic rings. The number of furan rings is 1. The Labute approximate surface area is 122 Å². The number of carbonyl (C=O) groups excluding carboxylic acids is 1. The summed E-state index contributed by atoms with van der Waals surface area (Å²) in [7, 11) is 0. The van der Waals surface area contributed by atoms with Gasteiger partial charge in [0.25, 0.3) is 5.69 Å². The van der Waals surface area contributed by atoms with E-state index in [1.807, 2.05) is 0 Å². The van der Waals surface area contributed by atoms with Crippen LogP contribution in [0.2, 0.25) is 0 Å². The number of hydrogen-bond donors (Lipinski definition) is 0. The van der Waals surface area contributed by atoms with Gasteiger partial charge in [0.15, 0.2) is 4.67 Å². The molecule has 104 valence electrons. The second kappa shape index (κ2) is 5.87. The van der Waals surface area contributed by atoms with Gasteiger partial charge in [-0.3, -0.25) is 10.1 Å². The first kappa shape index (κ1) is 14.3. The van der Waals surface area contributed by atoms with Crippen LogP contribution in [0.1, 0.15) is 29.1 Å². The molecule has 1 atom stereocenters. The highest BCUT2D eigenvalue weighted by Gasteiger charge is 2.18. The molecule has 0 saturated heterocycles. The maximum Gasteiger partial charge on any atom is 0.374 e. The minimum Gasteiger partial charge on any atom is -0.452 e. The van der Waals surface area contributed by atoms with Gasteiger partial charge in [0.1, 0.15) is 6.10 Å². The summed E-state index contributed by atoms with van der Waals surface area (Å²) >= 11 is 3.09. The molecule has 0 spiro atoms. The highest BCUT2D eigenvalue weighted by molar-refractivity contribution is 9.10. The standard InChI is InChI=1S/C13H10BrNO5/c1-8(9-3-2-4-10(7-9)15(17)18)19-13(16)11-5-6-12(14)20-11/h2-8H,1H3. The number of esters is 1. The summed E-state index contributed by atoms with van der Waals surface area (Å²) in [6.45, 7) is 1.63. The molecule has 0 aliphatic heterocycles. The summed E-state index contributed by atoms with van der Waals surface area (Å²) in [5.74, 6) is -0.566. The van der Waals surface area contributed by atoms with Crippen LogP contribution in [0, 0.1) is 10.1 Å². The third kappa shape index (κ3) is 3.24. The molecule has 2 rings (SSSR count). The Balaban J connectivity index is 2.12. The highest BCUT2D eigenvalue weighted by Crippen LogP contribution is 2.23. The summed E-state index contributed by atoms with van der Waals surface area (Å²) in [5, 5.41) is 10.7. The van der Waals surface area contributed by atoms with Crippen LogP contribution in [0.3, 0.4) is 0 Å². The normalized spacial score (nSPS) is 11.9. The number of halogens is 1. The van der Waals surface area contributed by atoms with Gasteiger partial charge in [-0.2, -0.15) is 0 Å². The number of rotatable bonds is 4. The molecule has 0 fully saturated rings. The van der Waals surface area contributed by atoms with E-state index < -0.39 is 17.0 Å². The van der Waals surface area contributed by atoms with Crippen molar-refractivity contribution in [2.75, 3.05) is 0 Å². The number of carbonyl (C=O) groups is 1. The van der Waals surface area contributed by atoms with Crippen LogP contribution in [-0.2, 0) is 4.74 Å². The lowest BCUT2D eigenvalue weighted by molar-refractivity contribution is -0.385. The first-order chi connectivity index (χ1) is 9.47. The SMILES string of the molecule is CC(OC(=O)c1ccc(Br)o1)c1cccc([N+](=O)[O-])c1. The lowest BCUT2D eigenvalue weighted by atomic mass is 10.1. The van der Waals surface area contributed by atoms with Crippen molar-refractivity contribution in [1.82, 2.24) is 0 Å². The molecule has 1 aromatic heterocycles. The Morgan fingerprint density at radius 1 is 1.40 bits per heavy atom. The van der Waals surface area contributed by atoms with E-state index in [-0.39, 0.29) is 11.4 Å². The van der Waals surface area contributed by atoms with Crippen molar-refractivity contribution in [3.05, 3.63) is 62.5 Å². The first-order valence-electron chi connectivity index (χ1n) is 5.68. The van der Waals surface area contributed by atoms with E-state index >= 15 is 0 Å². The molecule has 7 heteroatoms. The monoisotopic (exact) mass is 339 g/mol. The van der Waals surface area contributed by atoms with Crippen LogP contribution in [0.4, 0.5) is 5.69 Å². The number of nitrogens with zero attached hydrogens (tertiary/aromatic N) is 1. The van der Waals surface area contributed by atoms with Crippen molar-refractivity contribution in [3.8, 4) is 0 Å². The Morgan fingerprint density at radius 2 is 2.15 bits per heavy atom. The Kier molecular flexibility index (Phi) is 4.19. The fraction of sp³-hybridized carbons (Fsp3) is 0.154. The van der Waals surface area contributed by atoms with Gasteiger partial charge in [-0.25, -0.2) is 4.79 Å². The fourth-order valence-electron chi connectivity index (χ4n) is 1.60. The van der Waals surface area contributed by atoms with Crippen molar-refractivity contribution >= 4 is 27.6 Å². The predicted octanol–water partition coefficient (Wildman–Crippen LogP) is 3.87. The third-order valence-corrected chi connectivity index (χ3v) is 3.03. The smallest absolute Gasteiger partial charge is 0.374 e. The van der Waals surface area contributed by atoms with Gasteiger partial charge in [0.2, 0.25) is 5.76 Å². The Hall–Kier alpha value is -2.15. The van der Waals surface area contributed by atoms with Crippen molar-refractivity contribution in [2.45, 2.75) is 13.0 Å². The molecule has 2 aromatic rings. The van der Waals surface area contributed by atoms with Crippen LogP contribution < -0.4 is 0 Å². The summed E-state index contributed by atoms with van der Waals surface area (Å²) in [6.07, 6.45) is -0.619. The average Bonchev–Trinajstić information content (AvgIpc) is 2.85. The van der Waals surface area contributed by atoms with Crippen LogP contribution in [0.25, 0.3) is 0 Å². The number of hydrogen-bond acceptors (Lipinski definition) is 5. The Bertz CT molecular complexity index is 652. The predicted molar refractivity (Wildman–Crippen MR) is 73.3 cm³/mol. The van der Waals surface area contributed by atoms with Crippen molar-refractivity contribution in [1.29, 1.82) is 0 Å². The summed E-state index contributed by atoms with van der Waals surface area (Å²) in [6, 6.07) is 9.00. The molecule has 1 heterocycles. The van der Waals surface area contributed by atoms with Gasteiger partial charge < -0.3 is 9.15 Å². The van der Waals surface area contributed by atoms with Crippen molar-refractivity contribution in [3.63, 3.8) is 0 Å². The van der Waals surface area contributed by atoms with Crippen molar-refractivity contribution in [2.24, 2.45) is 0 Å². The molecule has 20 heavy (non-hydrogen) atoms. The zero-order valence-electron chi connectivity index (χ0n) is 10.4. The molecular weight excluding hydrogens is 330 g/mol. The maximum absolute atomic E-state index is 11.8. The number of benzene rings is 1. The van der Waals surface area contributed by atoms with Crippen LogP contribution >= 0.6 is 15.9 Å². The van der Waals surface area contributed by atoms with E-state index in [4.69, 9.17) is 9.15 Å². The van der Waals surface area contributed by atoms with Crippen molar-refractivity contribution < 1.29 is 18.9 Å². The second-order valence-corrected chi connectivity index (χ2v) is 4.78. The first-order valence-corrected chi connectivity index (χ1v) is 6.47. The van der Waals surface area contributed by atoms with Crippen LogP contribution in [0.5, 0.6) is 0 Å². The zero-order valence-corrected chi connectivity index (χ0v) is 12.0. The van der Waals surface area contributed by atoms with Gasteiger partial charge in [0, 0.05) is 12.1 Å². The topological polar surface area (TPSA) is 82.6 Å². The van der Waals surface area contributed by atoms with Crippen LogP contribution in [-0.4, -0.2) is 10.9 Å². The van der Waals surface area contributed by atoms with Gasteiger partial charge >= 0.3 is 5.97 Å². The average molecular weight is 340 g/mol. The van der Waals surface area contributed by atoms with Crippen LogP contribution in [0.15, 0.2) is 45.5 Å². The zero-order chi connectivity index (χ0) is 14.7. The molecular formula is C13H10BrNO5. The third-order valence-electron chi connectivity index (χ3n) is 2.61. The van der Waals surface area contributed by atoms with Gasteiger partial charge in [-0.1, -0.05) is 12.1 Å². The Morgan fingerprint density at radius 3 is 2.75 bits per heavy atom. The summed E-state index contributed by atoms with van der Waals surface area (Å²) in [4.78, 5) is 22.0.